The van der Waals surface area contributed by atoms with E-state index in [0.29, 0.717) is 5.69 Å². The van der Waals surface area contributed by atoms with E-state index in [9.17, 15) is 14.5 Å². The first-order valence-corrected chi connectivity index (χ1v) is 8.70. The second-order valence-electron chi connectivity index (χ2n) is 6.02. The van der Waals surface area contributed by atoms with Crippen LogP contribution in [0.4, 0.5) is 21.7 Å². The Morgan fingerprint density at radius 1 is 1.28 bits per heavy atom. The van der Waals surface area contributed by atoms with Crippen LogP contribution in [0.2, 0.25) is 5.02 Å². The number of halogens is 2. The maximum atomic E-state index is 13.1. The first-order valence-electron chi connectivity index (χ1n) is 8.33. The quantitative estimate of drug-likeness (QED) is 0.453. The van der Waals surface area contributed by atoms with Crippen LogP contribution < -0.4 is 15.8 Å². The monoisotopic (exact) mass is 418 g/mol. The molecule has 29 heavy (non-hydrogen) atoms. The minimum absolute atomic E-state index is 0.135. The Morgan fingerprint density at radius 3 is 2.66 bits per heavy atom. The molecule has 0 aliphatic carbocycles. The molecule has 0 unspecified atom stereocenters. The molecule has 3 rings (SSSR count). The van der Waals surface area contributed by atoms with Gasteiger partial charge in [0.05, 0.1) is 46.1 Å². The highest BCUT2D eigenvalue weighted by atomic mass is 35.5. The summed E-state index contributed by atoms with van der Waals surface area (Å²) in [6.45, 7) is 1.78. The lowest BCUT2D eigenvalue weighted by atomic mass is 10.1. The number of anilines is 2. The first-order chi connectivity index (χ1) is 13.8. The molecule has 0 amide bonds. The van der Waals surface area contributed by atoms with Crippen LogP contribution in [-0.2, 0) is 0 Å². The van der Waals surface area contributed by atoms with Gasteiger partial charge < -0.3 is 15.8 Å². The van der Waals surface area contributed by atoms with Gasteiger partial charge >= 0.3 is 5.69 Å². The summed E-state index contributed by atoms with van der Waals surface area (Å²) in [6, 6.07) is 5.36. The number of ether oxygens (including phenoxy) is 1. The van der Waals surface area contributed by atoms with Gasteiger partial charge in [0.2, 0.25) is 11.7 Å². The molecule has 11 heteroatoms. The summed E-state index contributed by atoms with van der Waals surface area (Å²) in [5.41, 5.74) is 6.45. The average Bonchev–Trinajstić information content (AvgIpc) is 2.67. The maximum absolute atomic E-state index is 13.1. The molecule has 0 aromatic carbocycles. The fourth-order valence-electron chi connectivity index (χ4n) is 2.75. The lowest BCUT2D eigenvalue weighted by Crippen LogP contribution is -2.11. The molecule has 3 heterocycles. The zero-order valence-corrected chi connectivity index (χ0v) is 16.1. The van der Waals surface area contributed by atoms with Gasteiger partial charge in [0.15, 0.2) is 0 Å². The second-order valence-corrected chi connectivity index (χ2v) is 6.46. The molecule has 3 N–H and O–H groups in total. The molecular weight excluding hydrogens is 403 g/mol. The van der Waals surface area contributed by atoms with Gasteiger partial charge in [-0.3, -0.25) is 15.1 Å². The number of hydrogen-bond donors (Lipinski definition) is 2. The Bertz CT molecular complexity index is 1060. The molecule has 0 radical (unpaired) electrons. The second kappa shape index (κ2) is 8.23. The van der Waals surface area contributed by atoms with Crippen LogP contribution in [0.15, 0.2) is 36.7 Å². The van der Waals surface area contributed by atoms with Crippen LogP contribution in [0.25, 0.3) is 11.1 Å². The molecule has 3 aromatic heterocycles. The molecule has 0 spiro atoms. The fraction of sp³-hybridized carbons (Fsp3) is 0.167. The maximum Gasteiger partial charge on any atom is 0.319 e. The van der Waals surface area contributed by atoms with Crippen LogP contribution in [0.1, 0.15) is 18.7 Å². The normalized spacial score (nSPS) is 11.7. The number of nitrogens with one attached hydrogen (secondary N) is 1. The number of nitrogens with zero attached hydrogens (tertiary/aromatic N) is 4. The van der Waals surface area contributed by atoms with Gasteiger partial charge in [-0.15, -0.1) is 0 Å². The average molecular weight is 419 g/mol. The molecule has 0 aliphatic heterocycles. The van der Waals surface area contributed by atoms with E-state index in [0.717, 1.165) is 6.20 Å². The van der Waals surface area contributed by atoms with Gasteiger partial charge in [-0.25, -0.2) is 14.4 Å². The zero-order valence-electron chi connectivity index (χ0n) is 15.4. The van der Waals surface area contributed by atoms with Gasteiger partial charge in [0, 0.05) is 6.20 Å². The number of methoxy groups -OCH3 is 1. The molecule has 0 fully saturated rings. The van der Waals surface area contributed by atoms with Crippen LogP contribution in [0, 0.1) is 15.9 Å². The Morgan fingerprint density at radius 2 is 2.03 bits per heavy atom. The highest BCUT2D eigenvalue weighted by Gasteiger charge is 2.26. The van der Waals surface area contributed by atoms with Crippen molar-refractivity contribution in [2.75, 3.05) is 18.2 Å². The summed E-state index contributed by atoms with van der Waals surface area (Å²) in [4.78, 5) is 23.1. The summed E-state index contributed by atoms with van der Waals surface area (Å²) in [6.07, 6.45) is 2.46. The van der Waals surface area contributed by atoms with E-state index >= 15 is 0 Å². The van der Waals surface area contributed by atoms with E-state index in [4.69, 9.17) is 22.1 Å². The molecule has 150 valence electrons. The van der Waals surface area contributed by atoms with Crippen molar-refractivity contribution in [3.8, 4) is 17.0 Å². The number of pyridine rings is 3. The molecule has 1 atom stereocenters. The number of rotatable bonds is 6. The number of hydrogen-bond acceptors (Lipinski definition) is 8. The van der Waals surface area contributed by atoms with E-state index in [1.807, 2.05) is 0 Å². The molecule has 3 aromatic rings. The van der Waals surface area contributed by atoms with Crippen molar-refractivity contribution >= 4 is 28.9 Å². The third kappa shape index (κ3) is 4.32. The van der Waals surface area contributed by atoms with Crippen molar-refractivity contribution in [3.05, 3.63) is 63.3 Å². The lowest BCUT2D eigenvalue weighted by molar-refractivity contribution is -0.383. The Kier molecular flexibility index (Phi) is 5.74. The summed E-state index contributed by atoms with van der Waals surface area (Å²) >= 11 is 6.02. The smallest absolute Gasteiger partial charge is 0.319 e. The van der Waals surface area contributed by atoms with Crippen molar-refractivity contribution in [2.24, 2.45) is 0 Å². The fourth-order valence-corrected chi connectivity index (χ4v) is 2.91. The summed E-state index contributed by atoms with van der Waals surface area (Å²) in [5.74, 6) is -0.358. The number of nitrogens with two attached hydrogens (primary N) is 1. The van der Waals surface area contributed by atoms with Crippen LogP contribution in [0.5, 0.6) is 5.88 Å². The predicted molar refractivity (Wildman–Crippen MR) is 106 cm³/mol. The molecular formula is C18H16ClFN6O3. The van der Waals surface area contributed by atoms with Crippen molar-refractivity contribution in [1.29, 1.82) is 0 Å². The lowest BCUT2D eigenvalue weighted by Gasteiger charge is -2.16. The van der Waals surface area contributed by atoms with Gasteiger partial charge in [-0.1, -0.05) is 11.6 Å². The van der Waals surface area contributed by atoms with Gasteiger partial charge in [0.25, 0.3) is 0 Å². The minimum Gasteiger partial charge on any atom is -0.481 e. The molecule has 0 saturated heterocycles. The van der Waals surface area contributed by atoms with Crippen molar-refractivity contribution in [1.82, 2.24) is 15.0 Å². The number of nitrogen functional groups attached to an aromatic ring is 1. The van der Waals surface area contributed by atoms with Crippen LogP contribution >= 0.6 is 11.6 Å². The zero-order chi connectivity index (χ0) is 21.1. The Hall–Kier alpha value is -3.53. The summed E-state index contributed by atoms with van der Waals surface area (Å²) in [7, 11) is 1.39. The van der Waals surface area contributed by atoms with E-state index in [2.05, 4.69) is 20.3 Å². The summed E-state index contributed by atoms with van der Waals surface area (Å²) in [5, 5.41) is 14.9. The standard InChI is InChI=1S/C18H16ClFN6O3/c1-9(14-4-3-11(20)8-22-14)24-15-6-12(16(26(27)28)17(21)25-15)13-5-10(19)7-23-18(13)29-2/h3-9H,1-2H3,(H3,21,24,25)/t9-/m0/s1. The third-order valence-electron chi connectivity index (χ3n) is 4.06. The largest absolute Gasteiger partial charge is 0.481 e. The van der Waals surface area contributed by atoms with Crippen molar-refractivity contribution < 1.29 is 14.1 Å². The van der Waals surface area contributed by atoms with Gasteiger partial charge in [-0.2, -0.15) is 0 Å². The third-order valence-corrected chi connectivity index (χ3v) is 4.27. The van der Waals surface area contributed by atoms with Crippen molar-refractivity contribution in [2.45, 2.75) is 13.0 Å². The molecule has 0 bridgehead atoms. The first kappa shape index (κ1) is 20.2. The predicted octanol–water partition coefficient (Wildman–Crippen LogP) is 4.00. The molecule has 9 nitrogen and oxygen atoms in total. The number of aromatic nitrogens is 3. The highest BCUT2D eigenvalue weighted by molar-refractivity contribution is 6.30. The summed E-state index contributed by atoms with van der Waals surface area (Å²) < 4.78 is 18.3. The van der Waals surface area contributed by atoms with Crippen LogP contribution in [-0.4, -0.2) is 27.0 Å². The molecule has 0 aliphatic rings. The van der Waals surface area contributed by atoms with Gasteiger partial charge in [0.1, 0.15) is 11.6 Å². The minimum atomic E-state index is -0.632. The van der Waals surface area contributed by atoms with Gasteiger partial charge in [-0.05, 0) is 31.2 Å². The molecule has 0 saturated carbocycles. The Balaban J connectivity index is 2.09. The van der Waals surface area contributed by atoms with Crippen molar-refractivity contribution in [3.63, 3.8) is 0 Å². The van der Waals surface area contributed by atoms with Crippen LogP contribution in [0.3, 0.4) is 0 Å². The van der Waals surface area contributed by atoms with E-state index in [-0.39, 0.29) is 39.7 Å². The highest BCUT2D eigenvalue weighted by Crippen LogP contribution is 2.40. The van der Waals surface area contributed by atoms with E-state index in [1.54, 1.807) is 6.92 Å². The number of nitro groups is 1. The Labute approximate surface area is 169 Å². The van der Waals surface area contributed by atoms with E-state index in [1.165, 1.54) is 37.6 Å². The van der Waals surface area contributed by atoms with E-state index < -0.39 is 16.4 Å². The topological polar surface area (TPSA) is 129 Å². The SMILES string of the molecule is COc1ncc(Cl)cc1-c1cc(N[C@@H](C)c2ccc(F)cn2)nc(N)c1[N+](=O)[O-].